The van der Waals surface area contributed by atoms with E-state index >= 15 is 0 Å². The zero-order valence-electron chi connectivity index (χ0n) is 11.3. The fraction of sp³-hybridized carbons (Fsp3) is 0.538. The van der Waals surface area contributed by atoms with Crippen molar-refractivity contribution in [2.24, 2.45) is 11.7 Å². The lowest BCUT2D eigenvalue weighted by Crippen LogP contribution is -2.25. The van der Waals surface area contributed by atoms with Crippen LogP contribution in [0.2, 0.25) is 0 Å². The molecule has 1 aromatic carbocycles. The van der Waals surface area contributed by atoms with Crippen LogP contribution in [0.4, 0.5) is 0 Å². The molecule has 0 saturated carbocycles. The average Bonchev–Trinajstić information content (AvgIpc) is 2.38. The van der Waals surface area contributed by atoms with Gasteiger partial charge in [0.2, 0.25) is 0 Å². The van der Waals surface area contributed by atoms with Gasteiger partial charge in [-0.05, 0) is 36.7 Å². The van der Waals surface area contributed by atoms with Crippen LogP contribution in [0.5, 0.6) is 11.5 Å². The molecule has 0 aliphatic rings. The van der Waals surface area contributed by atoms with Gasteiger partial charge in [0.05, 0.1) is 18.6 Å². The van der Waals surface area contributed by atoms with E-state index in [0.29, 0.717) is 12.3 Å². The van der Waals surface area contributed by atoms with Gasteiger partial charge in [-0.15, -0.1) is 0 Å². The minimum atomic E-state index is -3.11. The number of ether oxygens (including phenoxy) is 2. The molecule has 1 rings (SSSR count). The SMILES string of the molecule is COc1ccc(OCCS(=O)(=O)CC(C)CN)cc1. The van der Waals surface area contributed by atoms with Crippen molar-refractivity contribution in [3.63, 3.8) is 0 Å². The Morgan fingerprint density at radius 2 is 1.79 bits per heavy atom. The highest BCUT2D eigenvalue weighted by atomic mass is 32.2. The van der Waals surface area contributed by atoms with Gasteiger partial charge in [-0.3, -0.25) is 0 Å². The number of methoxy groups -OCH3 is 1. The summed E-state index contributed by atoms with van der Waals surface area (Å²) in [5, 5.41) is 0. The quantitative estimate of drug-likeness (QED) is 0.774. The van der Waals surface area contributed by atoms with E-state index in [0.717, 1.165) is 5.75 Å². The molecule has 0 fully saturated rings. The highest BCUT2D eigenvalue weighted by molar-refractivity contribution is 7.91. The molecule has 0 spiro atoms. The highest BCUT2D eigenvalue weighted by Crippen LogP contribution is 2.17. The van der Waals surface area contributed by atoms with Crippen LogP contribution < -0.4 is 15.2 Å². The first-order valence-electron chi connectivity index (χ1n) is 6.14. The van der Waals surface area contributed by atoms with Crippen LogP contribution in [0.25, 0.3) is 0 Å². The second-order valence-corrected chi connectivity index (χ2v) is 6.71. The lowest BCUT2D eigenvalue weighted by Gasteiger charge is -2.10. The summed E-state index contributed by atoms with van der Waals surface area (Å²) in [4.78, 5) is 0. The van der Waals surface area contributed by atoms with Crippen molar-refractivity contribution in [1.29, 1.82) is 0 Å². The van der Waals surface area contributed by atoms with Gasteiger partial charge in [0.15, 0.2) is 9.84 Å². The Bertz CT molecular complexity index is 470. The molecule has 6 heteroatoms. The maximum absolute atomic E-state index is 11.7. The van der Waals surface area contributed by atoms with E-state index in [1.807, 2.05) is 6.92 Å². The van der Waals surface area contributed by atoms with Crippen molar-refractivity contribution >= 4 is 9.84 Å². The predicted molar refractivity (Wildman–Crippen MR) is 75.4 cm³/mol. The fourth-order valence-electron chi connectivity index (χ4n) is 1.54. The monoisotopic (exact) mass is 287 g/mol. The molecule has 0 radical (unpaired) electrons. The summed E-state index contributed by atoms with van der Waals surface area (Å²) >= 11 is 0. The molecule has 2 N–H and O–H groups in total. The first-order valence-corrected chi connectivity index (χ1v) is 7.96. The Hall–Kier alpha value is -1.27. The molecule has 1 unspecified atom stereocenters. The Kier molecular flexibility index (Phi) is 6.11. The van der Waals surface area contributed by atoms with Gasteiger partial charge in [0.1, 0.15) is 18.1 Å². The second kappa shape index (κ2) is 7.35. The van der Waals surface area contributed by atoms with Gasteiger partial charge in [0, 0.05) is 0 Å². The summed E-state index contributed by atoms with van der Waals surface area (Å²) in [6.45, 7) is 2.34. The molecule has 0 amide bonds. The van der Waals surface area contributed by atoms with E-state index in [2.05, 4.69) is 0 Å². The lowest BCUT2D eigenvalue weighted by molar-refractivity contribution is 0.339. The zero-order valence-corrected chi connectivity index (χ0v) is 12.2. The predicted octanol–water partition coefficient (Wildman–Crippen LogP) is 1.08. The van der Waals surface area contributed by atoms with Crippen molar-refractivity contribution < 1.29 is 17.9 Å². The largest absolute Gasteiger partial charge is 0.497 e. The Morgan fingerprint density at radius 1 is 1.21 bits per heavy atom. The van der Waals surface area contributed by atoms with Crippen molar-refractivity contribution in [2.75, 3.05) is 31.8 Å². The summed E-state index contributed by atoms with van der Waals surface area (Å²) in [5.74, 6) is 1.45. The zero-order chi connectivity index (χ0) is 14.3. The third-order valence-electron chi connectivity index (χ3n) is 2.66. The fourth-order valence-corrected chi connectivity index (χ4v) is 3.05. The smallest absolute Gasteiger partial charge is 0.153 e. The van der Waals surface area contributed by atoms with Crippen LogP contribution in [-0.2, 0) is 9.84 Å². The minimum absolute atomic E-state index is 0.00334. The molecule has 0 aromatic heterocycles. The molecule has 0 heterocycles. The van der Waals surface area contributed by atoms with Crippen LogP contribution in [0.15, 0.2) is 24.3 Å². The van der Waals surface area contributed by atoms with E-state index in [1.165, 1.54) is 0 Å². The molecule has 5 nitrogen and oxygen atoms in total. The van der Waals surface area contributed by atoms with Gasteiger partial charge in [-0.2, -0.15) is 0 Å². The number of benzene rings is 1. The minimum Gasteiger partial charge on any atom is -0.497 e. The van der Waals surface area contributed by atoms with E-state index < -0.39 is 9.84 Å². The Morgan fingerprint density at radius 3 is 2.32 bits per heavy atom. The van der Waals surface area contributed by atoms with Crippen LogP contribution in [0, 0.1) is 5.92 Å². The molecule has 0 aliphatic heterocycles. The highest BCUT2D eigenvalue weighted by Gasteiger charge is 2.15. The maximum Gasteiger partial charge on any atom is 0.153 e. The molecule has 108 valence electrons. The van der Waals surface area contributed by atoms with Crippen molar-refractivity contribution in [2.45, 2.75) is 6.92 Å². The summed E-state index contributed by atoms with van der Waals surface area (Å²) in [6.07, 6.45) is 0. The summed E-state index contributed by atoms with van der Waals surface area (Å²) in [7, 11) is -1.52. The van der Waals surface area contributed by atoms with Gasteiger partial charge >= 0.3 is 0 Å². The van der Waals surface area contributed by atoms with Crippen LogP contribution >= 0.6 is 0 Å². The van der Waals surface area contributed by atoms with E-state index in [4.69, 9.17) is 15.2 Å². The summed E-state index contributed by atoms with van der Waals surface area (Å²) in [5.41, 5.74) is 5.42. The summed E-state index contributed by atoms with van der Waals surface area (Å²) in [6, 6.07) is 7.02. The molecule has 1 aromatic rings. The number of rotatable bonds is 8. The van der Waals surface area contributed by atoms with Crippen molar-refractivity contribution in [3.8, 4) is 11.5 Å². The van der Waals surface area contributed by atoms with E-state index in [1.54, 1.807) is 31.4 Å². The van der Waals surface area contributed by atoms with Gasteiger partial charge in [-0.25, -0.2) is 8.42 Å². The summed E-state index contributed by atoms with van der Waals surface area (Å²) < 4.78 is 33.9. The van der Waals surface area contributed by atoms with Crippen LogP contribution in [-0.4, -0.2) is 40.2 Å². The molecule has 0 aliphatic carbocycles. The number of hydrogen-bond acceptors (Lipinski definition) is 5. The Balaban J connectivity index is 2.40. The molecular formula is C13H21NO4S. The van der Waals surface area contributed by atoms with Crippen molar-refractivity contribution in [3.05, 3.63) is 24.3 Å². The first kappa shape index (κ1) is 15.8. The molecular weight excluding hydrogens is 266 g/mol. The topological polar surface area (TPSA) is 78.6 Å². The van der Waals surface area contributed by atoms with Gasteiger partial charge in [-0.1, -0.05) is 6.92 Å². The molecule has 1 atom stereocenters. The molecule has 0 bridgehead atoms. The van der Waals surface area contributed by atoms with Gasteiger partial charge in [0.25, 0.3) is 0 Å². The van der Waals surface area contributed by atoms with Crippen LogP contribution in [0.1, 0.15) is 6.92 Å². The number of sulfone groups is 1. The molecule has 0 saturated heterocycles. The van der Waals surface area contributed by atoms with E-state index in [-0.39, 0.29) is 24.0 Å². The lowest BCUT2D eigenvalue weighted by atomic mass is 10.2. The standard InChI is InChI=1S/C13H21NO4S/c1-11(9-14)10-19(15,16)8-7-18-13-5-3-12(17-2)4-6-13/h3-6,11H,7-10,14H2,1-2H3. The van der Waals surface area contributed by atoms with Crippen molar-refractivity contribution in [1.82, 2.24) is 0 Å². The third kappa shape index (κ3) is 5.94. The third-order valence-corrected chi connectivity index (χ3v) is 4.53. The first-order chi connectivity index (χ1) is 8.96. The number of hydrogen-bond donors (Lipinski definition) is 1. The van der Waals surface area contributed by atoms with E-state index in [9.17, 15) is 8.42 Å². The second-order valence-electron chi connectivity index (χ2n) is 4.48. The molecule has 19 heavy (non-hydrogen) atoms. The Labute approximate surface area is 114 Å². The van der Waals surface area contributed by atoms with Crippen LogP contribution in [0.3, 0.4) is 0 Å². The maximum atomic E-state index is 11.7. The normalized spacial score (nSPS) is 13.0. The number of nitrogens with two attached hydrogens (primary N) is 1. The average molecular weight is 287 g/mol. The van der Waals surface area contributed by atoms with Gasteiger partial charge < -0.3 is 15.2 Å².